The number of rotatable bonds is 43. The number of aliphatic hydroxyl groups is 5. The predicted octanol–water partition coefficient (Wildman–Crippen LogP) is 9.80. The molecule has 0 bridgehead atoms. The quantitative estimate of drug-likeness (QED) is 0.0173. The Balaban J connectivity index is 2.55. The third-order valence-electron chi connectivity index (χ3n) is 11.9. The van der Waals surface area contributed by atoms with Gasteiger partial charge in [-0.3, -0.25) is 9.35 Å². The van der Waals surface area contributed by atoms with E-state index in [1.165, 1.54) is 109 Å². The van der Waals surface area contributed by atoms with Crippen LogP contribution in [0.2, 0.25) is 0 Å². The molecule has 0 aliphatic carbocycles. The number of carbonyl (C=O) groups excluding carboxylic acids is 1. The summed E-state index contributed by atoms with van der Waals surface area (Å²) in [6.45, 7) is 3.19. The van der Waals surface area contributed by atoms with E-state index < -0.39 is 78.5 Å². The van der Waals surface area contributed by atoms with Crippen molar-refractivity contribution in [2.24, 2.45) is 0 Å². The van der Waals surface area contributed by atoms with E-state index >= 15 is 0 Å². The van der Waals surface area contributed by atoms with Crippen LogP contribution in [0, 0.1) is 0 Å². The Bertz CT molecular complexity index is 1360. The molecule has 1 saturated heterocycles. The molecular formula is C51H93NO12S. The minimum absolute atomic E-state index is 0.226. The molecule has 14 heteroatoms. The summed E-state index contributed by atoms with van der Waals surface area (Å²) in [6, 6.07) is -1.15. The number of nitrogens with one attached hydrogen (secondary N) is 1. The van der Waals surface area contributed by atoms with E-state index in [4.69, 9.17) is 9.47 Å². The second kappa shape index (κ2) is 41.0. The van der Waals surface area contributed by atoms with Gasteiger partial charge in [-0.25, -0.2) is 4.18 Å². The molecule has 1 aliphatic heterocycles. The Hall–Kier alpha value is -1.98. The van der Waals surface area contributed by atoms with Crippen LogP contribution in [0.3, 0.4) is 0 Å². The first-order chi connectivity index (χ1) is 31.4. The van der Waals surface area contributed by atoms with Crippen molar-refractivity contribution < 1.29 is 57.0 Å². The maximum Gasteiger partial charge on any atom is 0.397 e. The molecular weight excluding hydrogens is 851 g/mol. The zero-order valence-corrected chi connectivity index (χ0v) is 41.2. The monoisotopic (exact) mass is 944 g/mol. The van der Waals surface area contributed by atoms with Gasteiger partial charge in [0.1, 0.15) is 30.5 Å². The van der Waals surface area contributed by atoms with Crippen molar-refractivity contribution in [1.82, 2.24) is 5.32 Å². The first-order valence-electron chi connectivity index (χ1n) is 25.6. The fourth-order valence-corrected chi connectivity index (χ4v) is 8.35. The van der Waals surface area contributed by atoms with Gasteiger partial charge in [-0.15, -0.1) is 0 Å². The van der Waals surface area contributed by atoms with E-state index in [1.54, 1.807) is 6.08 Å². The third kappa shape index (κ3) is 33.2. The largest absolute Gasteiger partial charge is 0.397 e. The average Bonchev–Trinajstić information content (AvgIpc) is 3.28. The van der Waals surface area contributed by atoms with Gasteiger partial charge in [0.05, 0.1) is 25.4 Å². The zero-order chi connectivity index (χ0) is 47.8. The van der Waals surface area contributed by atoms with E-state index in [1.807, 2.05) is 0 Å². The van der Waals surface area contributed by atoms with Crippen molar-refractivity contribution in [2.45, 2.75) is 255 Å². The Morgan fingerprint density at radius 1 is 0.615 bits per heavy atom. The summed E-state index contributed by atoms with van der Waals surface area (Å²) in [6.07, 6.45) is 39.0. The summed E-state index contributed by atoms with van der Waals surface area (Å²) < 4.78 is 47.6. The normalized spacial score (nSPS) is 21.0. The first kappa shape index (κ1) is 61.0. The van der Waals surface area contributed by atoms with Crippen LogP contribution >= 0.6 is 0 Å². The van der Waals surface area contributed by atoms with Gasteiger partial charge in [0, 0.05) is 0 Å². The number of hydrogen-bond acceptors (Lipinski definition) is 11. The second-order valence-corrected chi connectivity index (χ2v) is 18.9. The van der Waals surface area contributed by atoms with Gasteiger partial charge >= 0.3 is 10.4 Å². The first-order valence-corrected chi connectivity index (χ1v) is 27.0. The highest BCUT2D eigenvalue weighted by Crippen LogP contribution is 2.26. The molecule has 1 heterocycles. The van der Waals surface area contributed by atoms with Crippen LogP contribution in [-0.4, -0.2) is 107 Å². The molecule has 8 atom stereocenters. The molecule has 1 amide bonds. The van der Waals surface area contributed by atoms with Crippen LogP contribution in [0.5, 0.6) is 0 Å². The molecule has 0 spiro atoms. The smallest absolute Gasteiger partial charge is 0.394 e. The molecule has 0 aromatic heterocycles. The summed E-state index contributed by atoms with van der Waals surface area (Å²) in [5.41, 5.74) is 0. The Morgan fingerprint density at radius 3 is 1.48 bits per heavy atom. The number of allylic oxidation sites excluding steroid dienone is 7. The molecule has 0 saturated carbocycles. The highest BCUT2D eigenvalue weighted by atomic mass is 32.3. The lowest BCUT2D eigenvalue weighted by Gasteiger charge is -2.41. The van der Waals surface area contributed by atoms with Crippen LogP contribution < -0.4 is 5.32 Å². The fourth-order valence-electron chi connectivity index (χ4n) is 7.84. The molecule has 7 N–H and O–H groups in total. The fraction of sp³-hybridized carbons (Fsp3) is 0.824. The molecule has 8 unspecified atom stereocenters. The standard InChI is InChI=1S/C51H93NO12S/c1-3-5-7-9-11-13-15-17-19-21-22-23-24-26-28-30-32-34-36-38-40-45(55)50(58)52-43(42-62-51-48(57)49(64-65(59,60)61)47(56)46(41-53)63-51)44(54)39-37-35-33-31-29-27-25-20-18-16-14-12-10-8-6-4-2/h18,20,23-24,29,31,37,39,43-49,51,53-57H,3-17,19,21-22,25-28,30,32-36,38,40-42H2,1-2H3,(H,52,58)(H,59,60,61)/b20-18+,24-23-,31-29+,39-37+. The molecule has 380 valence electrons. The van der Waals surface area contributed by atoms with Crippen molar-refractivity contribution in [3.05, 3.63) is 48.6 Å². The van der Waals surface area contributed by atoms with E-state index in [2.05, 4.69) is 59.8 Å². The average molecular weight is 944 g/mol. The maximum absolute atomic E-state index is 13.1. The van der Waals surface area contributed by atoms with E-state index in [0.717, 1.165) is 70.6 Å². The molecule has 0 aromatic carbocycles. The lowest BCUT2D eigenvalue weighted by molar-refractivity contribution is -0.298. The summed E-state index contributed by atoms with van der Waals surface area (Å²) in [4.78, 5) is 13.1. The van der Waals surface area contributed by atoms with E-state index in [0.29, 0.717) is 12.8 Å². The number of amides is 1. The van der Waals surface area contributed by atoms with Gasteiger partial charge in [-0.1, -0.05) is 184 Å². The third-order valence-corrected chi connectivity index (χ3v) is 12.4. The summed E-state index contributed by atoms with van der Waals surface area (Å²) in [5, 5.41) is 55.3. The van der Waals surface area contributed by atoms with E-state index in [-0.39, 0.29) is 6.42 Å². The summed E-state index contributed by atoms with van der Waals surface area (Å²) >= 11 is 0. The van der Waals surface area contributed by atoms with Crippen LogP contribution in [0.25, 0.3) is 0 Å². The maximum atomic E-state index is 13.1. The lowest BCUT2D eigenvalue weighted by Crippen LogP contribution is -2.61. The van der Waals surface area contributed by atoms with Crippen molar-refractivity contribution in [3.63, 3.8) is 0 Å². The number of carbonyl (C=O) groups is 1. The molecule has 1 aliphatic rings. The highest BCUT2D eigenvalue weighted by Gasteiger charge is 2.48. The molecule has 0 radical (unpaired) electrons. The van der Waals surface area contributed by atoms with Gasteiger partial charge < -0.3 is 40.3 Å². The highest BCUT2D eigenvalue weighted by molar-refractivity contribution is 7.80. The van der Waals surface area contributed by atoms with E-state index in [9.17, 15) is 43.3 Å². The second-order valence-electron chi connectivity index (χ2n) is 17.9. The number of hydrogen-bond donors (Lipinski definition) is 7. The number of aliphatic hydroxyl groups excluding tert-OH is 5. The number of ether oxygens (including phenoxy) is 2. The van der Waals surface area contributed by atoms with Gasteiger partial charge in [-0.2, -0.15) is 8.42 Å². The molecule has 65 heavy (non-hydrogen) atoms. The van der Waals surface area contributed by atoms with Gasteiger partial charge in [0.2, 0.25) is 5.91 Å². The minimum Gasteiger partial charge on any atom is -0.394 e. The van der Waals surface area contributed by atoms with Crippen LogP contribution in [-0.2, 0) is 28.9 Å². The Labute approximate surface area is 394 Å². The lowest BCUT2D eigenvalue weighted by atomic mass is 9.99. The minimum atomic E-state index is -5.13. The molecule has 1 rings (SSSR count). The van der Waals surface area contributed by atoms with Gasteiger partial charge in [0.15, 0.2) is 6.29 Å². The molecule has 13 nitrogen and oxygen atoms in total. The van der Waals surface area contributed by atoms with Crippen molar-refractivity contribution in [3.8, 4) is 0 Å². The van der Waals surface area contributed by atoms with Gasteiger partial charge in [0.25, 0.3) is 0 Å². The molecule has 1 fully saturated rings. The van der Waals surface area contributed by atoms with Crippen molar-refractivity contribution >= 4 is 16.3 Å². The van der Waals surface area contributed by atoms with Crippen LogP contribution in [0.4, 0.5) is 0 Å². The van der Waals surface area contributed by atoms with Gasteiger partial charge in [-0.05, 0) is 70.6 Å². The topological polar surface area (TPSA) is 212 Å². The molecule has 0 aromatic rings. The summed E-state index contributed by atoms with van der Waals surface area (Å²) in [7, 11) is -5.13. The Kier molecular flexibility index (Phi) is 38.5. The number of unbranched alkanes of at least 4 members (excludes halogenated alkanes) is 24. The summed E-state index contributed by atoms with van der Waals surface area (Å²) in [5.74, 6) is -0.721. The van der Waals surface area contributed by atoms with Crippen molar-refractivity contribution in [1.29, 1.82) is 0 Å². The van der Waals surface area contributed by atoms with Crippen LogP contribution in [0.1, 0.15) is 206 Å². The van der Waals surface area contributed by atoms with Crippen LogP contribution in [0.15, 0.2) is 48.6 Å². The van der Waals surface area contributed by atoms with Crippen molar-refractivity contribution in [2.75, 3.05) is 13.2 Å². The predicted molar refractivity (Wildman–Crippen MR) is 260 cm³/mol. The Morgan fingerprint density at radius 2 is 1.03 bits per heavy atom. The SMILES string of the molecule is CCCCCCCC/C=C/CC/C=C/CC/C=C/C(O)C(COC1OC(CO)C(O)C(OS(=O)(=O)O)C1O)NC(=O)C(O)CCCCCCCC/C=C\CCCCCCCCCCCC. The zero-order valence-electron chi connectivity index (χ0n) is 40.4.